The Morgan fingerprint density at radius 1 is 0.768 bits per heavy atom. The lowest BCUT2D eigenvalue weighted by molar-refractivity contribution is 0.0224. The van der Waals surface area contributed by atoms with E-state index in [4.69, 9.17) is 59.1 Å². The number of aromatic hydroxyl groups is 2. The van der Waals surface area contributed by atoms with E-state index in [0.29, 0.717) is 82.3 Å². The average molecular weight is 819 g/mol. The summed E-state index contributed by atoms with van der Waals surface area (Å²) in [7, 11) is 0. The third-order valence-corrected chi connectivity index (χ3v) is 9.65. The summed E-state index contributed by atoms with van der Waals surface area (Å²) >= 11 is 18.2. The number of anilines is 3. The predicted molar refractivity (Wildman–Crippen MR) is 213 cm³/mol. The number of carbonyl (C=O) groups is 2. The first-order valence-electron chi connectivity index (χ1n) is 17.2. The molecular formula is C40H33Cl2N3O10S. The van der Waals surface area contributed by atoms with Gasteiger partial charge in [0, 0.05) is 46.7 Å². The van der Waals surface area contributed by atoms with Crippen molar-refractivity contribution < 1.29 is 48.6 Å². The Morgan fingerprint density at radius 2 is 1.39 bits per heavy atom. The summed E-state index contributed by atoms with van der Waals surface area (Å²) in [5.74, 6) is -0.788. The molecule has 56 heavy (non-hydrogen) atoms. The molecule has 2 aliphatic rings. The number of phenols is 2. The fraction of sp³-hybridized carbons (Fsp3) is 0.175. The van der Waals surface area contributed by atoms with Crippen molar-refractivity contribution >= 4 is 69.5 Å². The fourth-order valence-corrected chi connectivity index (χ4v) is 7.24. The summed E-state index contributed by atoms with van der Waals surface area (Å²) in [5, 5.41) is 39.7. The predicted octanol–water partition coefficient (Wildman–Crippen LogP) is 7.81. The second-order valence-electron chi connectivity index (χ2n) is 12.5. The number of carboxylic acid groups (broad SMARTS) is 1. The molecular weight excluding hydrogens is 785 g/mol. The zero-order chi connectivity index (χ0) is 39.4. The van der Waals surface area contributed by atoms with Gasteiger partial charge in [-0.15, -0.1) is 0 Å². The van der Waals surface area contributed by atoms with Crippen LogP contribution in [0, 0.1) is 0 Å². The molecule has 16 heteroatoms. The molecule has 7 rings (SSSR count). The second kappa shape index (κ2) is 16.5. The third kappa shape index (κ3) is 7.96. The first-order chi connectivity index (χ1) is 27.0. The number of carboxylic acids is 1. The van der Waals surface area contributed by atoms with Gasteiger partial charge in [-0.05, 0) is 72.9 Å². The fourth-order valence-electron chi connectivity index (χ4n) is 6.42. The number of phenolic OH excluding ortho intramolecular Hbond substituents is 2. The van der Waals surface area contributed by atoms with Gasteiger partial charge >= 0.3 is 11.9 Å². The van der Waals surface area contributed by atoms with E-state index >= 15 is 0 Å². The van der Waals surface area contributed by atoms with Crippen LogP contribution in [0.25, 0.3) is 0 Å². The lowest BCUT2D eigenvalue weighted by atomic mass is 9.77. The summed E-state index contributed by atoms with van der Waals surface area (Å²) in [6.07, 6.45) is 0. The first-order valence-corrected chi connectivity index (χ1v) is 18.3. The first kappa shape index (κ1) is 38.5. The van der Waals surface area contributed by atoms with Crippen LogP contribution < -0.4 is 25.4 Å². The number of para-hydroxylation sites is 1. The molecule has 0 bridgehead atoms. The summed E-state index contributed by atoms with van der Waals surface area (Å²) < 4.78 is 29.1. The van der Waals surface area contributed by atoms with Crippen molar-refractivity contribution in [2.24, 2.45) is 0 Å². The van der Waals surface area contributed by atoms with Crippen molar-refractivity contribution in [2.45, 2.75) is 5.60 Å². The maximum absolute atomic E-state index is 13.4. The molecule has 0 saturated carbocycles. The number of ether oxygens (including phenoxy) is 5. The minimum Gasteiger partial charge on any atom is -0.508 e. The minimum atomic E-state index is -1.35. The van der Waals surface area contributed by atoms with Crippen LogP contribution in [0.1, 0.15) is 37.4 Å². The smallest absolute Gasteiger partial charge is 0.340 e. The number of thiocarbonyl (C=S) groups is 1. The summed E-state index contributed by atoms with van der Waals surface area (Å²) in [6.45, 7) is 1.82. The molecule has 1 spiro atoms. The van der Waals surface area contributed by atoms with E-state index in [2.05, 4.69) is 16.0 Å². The Bertz CT molecular complexity index is 2270. The molecule has 0 aromatic heterocycles. The van der Waals surface area contributed by atoms with Gasteiger partial charge in [-0.25, -0.2) is 9.59 Å². The quantitative estimate of drug-likeness (QED) is 0.0363. The molecule has 0 fully saturated rings. The maximum Gasteiger partial charge on any atom is 0.340 e. The van der Waals surface area contributed by atoms with E-state index in [-0.39, 0.29) is 46.1 Å². The molecule has 0 aliphatic carbocycles. The van der Waals surface area contributed by atoms with Crippen LogP contribution in [-0.4, -0.2) is 71.9 Å². The Balaban J connectivity index is 0.839. The highest BCUT2D eigenvalue weighted by atomic mass is 35.5. The molecule has 13 nitrogen and oxygen atoms in total. The van der Waals surface area contributed by atoms with Crippen LogP contribution in [0.4, 0.5) is 17.1 Å². The van der Waals surface area contributed by atoms with E-state index in [9.17, 15) is 24.9 Å². The van der Waals surface area contributed by atoms with Crippen molar-refractivity contribution in [1.82, 2.24) is 5.32 Å². The van der Waals surface area contributed by atoms with Gasteiger partial charge in [0.2, 0.25) is 0 Å². The number of hydrogen-bond donors (Lipinski definition) is 6. The third-order valence-electron chi connectivity index (χ3n) is 8.84. The monoisotopic (exact) mass is 817 g/mol. The van der Waals surface area contributed by atoms with Crippen LogP contribution in [0.15, 0.2) is 91.0 Å². The number of aromatic carboxylic acids is 1. The van der Waals surface area contributed by atoms with Crippen LogP contribution >= 0.6 is 35.4 Å². The Labute approximate surface area is 335 Å². The van der Waals surface area contributed by atoms with E-state index in [1.54, 1.807) is 60.7 Å². The van der Waals surface area contributed by atoms with Crippen LogP contribution in [0.3, 0.4) is 0 Å². The highest BCUT2D eigenvalue weighted by Gasteiger charge is 2.53. The van der Waals surface area contributed by atoms with E-state index in [1.807, 2.05) is 0 Å². The summed E-state index contributed by atoms with van der Waals surface area (Å²) in [4.78, 5) is 24.9. The molecule has 2 heterocycles. The average Bonchev–Trinajstić information content (AvgIpc) is 3.44. The lowest BCUT2D eigenvalue weighted by Gasteiger charge is -2.36. The minimum absolute atomic E-state index is 0.0240. The van der Waals surface area contributed by atoms with Crippen molar-refractivity contribution in [3.05, 3.63) is 129 Å². The Hall–Kier alpha value is -5.77. The number of esters is 1. The van der Waals surface area contributed by atoms with Crippen molar-refractivity contribution in [3.8, 4) is 28.7 Å². The van der Waals surface area contributed by atoms with Crippen LogP contribution in [0.5, 0.6) is 28.7 Å². The maximum atomic E-state index is 13.4. The molecule has 6 N–H and O–H groups in total. The Morgan fingerprint density at radius 3 is 2.07 bits per heavy atom. The zero-order valence-electron chi connectivity index (χ0n) is 29.3. The molecule has 5 aromatic carbocycles. The topological polar surface area (TPSA) is 177 Å². The molecule has 0 saturated heterocycles. The molecule has 0 unspecified atom stereocenters. The number of benzene rings is 5. The molecule has 0 atom stereocenters. The molecule has 2 aliphatic heterocycles. The van der Waals surface area contributed by atoms with Gasteiger partial charge in [-0.1, -0.05) is 41.4 Å². The largest absolute Gasteiger partial charge is 0.508 e. The standard InChI is InChI=1S/C40H33Cl2N3O10S/c41-31-18-23(44-33-4-2-1-3-26(33)37(48)49)19-32(42)36(31)53-16-15-52-14-13-51-12-11-43-39(56)45-22-5-8-28-27(17-22)38(50)55-40(28)29-9-6-24(46)20-34(29)54-35-21-25(47)7-10-30(35)40/h1-10,17-21,44,46-47H,11-16H2,(H,48,49)(H2,43,45,56). The van der Waals surface area contributed by atoms with Gasteiger partial charge in [0.1, 0.15) is 29.6 Å². The van der Waals surface area contributed by atoms with E-state index < -0.39 is 17.5 Å². The van der Waals surface area contributed by atoms with Gasteiger partial charge in [0.25, 0.3) is 0 Å². The zero-order valence-corrected chi connectivity index (χ0v) is 31.6. The van der Waals surface area contributed by atoms with E-state index in [0.717, 1.165) is 0 Å². The highest BCUT2D eigenvalue weighted by molar-refractivity contribution is 7.80. The summed E-state index contributed by atoms with van der Waals surface area (Å²) in [5.41, 5.74) is 2.19. The van der Waals surface area contributed by atoms with Gasteiger partial charge in [0.05, 0.1) is 53.3 Å². The Kier molecular flexibility index (Phi) is 11.4. The highest BCUT2D eigenvalue weighted by Crippen LogP contribution is 2.57. The normalized spacial score (nSPS) is 13.1. The van der Waals surface area contributed by atoms with Gasteiger partial charge in [-0.2, -0.15) is 0 Å². The number of carbonyl (C=O) groups excluding carboxylic acids is 1. The number of nitrogens with one attached hydrogen (secondary N) is 3. The van der Waals surface area contributed by atoms with Crippen molar-refractivity contribution in [3.63, 3.8) is 0 Å². The molecule has 0 radical (unpaired) electrons. The molecule has 5 aromatic rings. The van der Waals surface area contributed by atoms with Gasteiger partial charge < -0.3 is 55.0 Å². The van der Waals surface area contributed by atoms with Gasteiger partial charge in [-0.3, -0.25) is 0 Å². The number of fused-ring (bicyclic) bond motifs is 6. The van der Waals surface area contributed by atoms with Crippen LogP contribution in [-0.2, 0) is 19.8 Å². The number of hydrogen-bond acceptors (Lipinski definition) is 11. The molecule has 0 amide bonds. The van der Waals surface area contributed by atoms with Crippen molar-refractivity contribution in [1.29, 1.82) is 0 Å². The second-order valence-corrected chi connectivity index (χ2v) is 13.7. The molecule has 288 valence electrons. The number of halogens is 2. The lowest BCUT2D eigenvalue weighted by Crippen LogP contribution is -2.33. The van der Waals surface area contributed by atoms with Crippen LogP contribution in [0.2, 0.25) is 10.0 Å². The van der Waals surface area contributed by atoms with Gasteiger partial charge in [0.15, 0.2) is 16.5 Å². The van der Waals surface area contributed by atoms with Crippen molar-refractivity contribution in [2.75, 3.05) is 50.2 Å². The number of rotatable bonds is 14. The summed E-state index contributed by atoms with van der Waals surface area (Å²) in [6, 6.07) is 24.1. The SMILES string of the molecule is O=C(O)c1ccccc1Nc1cc(Cl)c(OCCOCCOCCNC(=S)Nc2ccc3c(c2)C(=O)OC32c3ccc(O)cc3Oc3cc(O)ccc32)c(Cl)c1. The van der Waals surface area contributed by atoms with E-state index in [1.165, 1.54) is 30.3 Å².